The third-order valence-corrected chi connectivity index (χ3v) is 6.72. The van der Waals surface area contributed by atoms with Crippen molar-refractivity contribution in [3.05, 3.63) is 77.9 Å². The first kappa shape index (κ1) is 22.8. The summed E-state index contributed by atoms with van der Waals surface area (Å²) in [5.74, 6) is 0.600. The summed E-state index contributed by atoms with van der Waals surface area (Å²) in [7, 11) is 5.52. The van der Waals surface area contributed by atoms with Gasteiger partial charge in [-0.15, -0.1) is 0 Å². The molecule has 0 saturated carbocycles. The number of likely N-dealkylation sites (N-methyl/N-ethyl adjacent to an activating group) is 1. The number of fused-ring (bicyclic) bond motifs is 3. The summed E-state index contributed by atoms with van der Waals surface area (Å²) in [5.41, 5.74) is 9.36. The summed E-state index contributed by atoms with van der Waals surface area (Å²) in [4.78, 5) is 21.3. The lowest BCUT2D eigenvalue weighted by atomic mass is 9.91. The molecule has 0 atom stereocenters. The first-order chi connectivity index (χ1) is 18.0. The van der Waals surface area contributed by atoms with Crippen molar-refractivity contribution in [1.82, 2.24) is 44.6 Å². The van der Waals surface area contributed by atoms with Crippen molar-refractivity contribution < 1.29 is 4.79 Å². The summed E-state index contributed by atoms with van der Waals surface area (Å²) >= 11 is 0. The van der Waals surface area contributed by atoms with E-state index in [4.69, 9.17) is 10.1 Å². The number of nitrogens with zero attached hydrogens (tertiary/aromatic N) is 8. The van der Waals surface area contributed by atoms with E-state index in [1.54, 1.807) is 22.6 Å². The smallest absolute Gasteiger partial charge is 0.241 e. The molecule has 0 unspecified atom stereocenters. The van der Waals surface area contributed by atoms with E-state index in [2.05, 4.69) is 44.8 Å². The average Bonchev–Trinajstić information content (AvgIpc) is 3.62. The molecule has 6 rings (SSSR count). The second-order valence-corrected chi connectivity index (χ2v) is 9.29. The number of benzene rings is 1. The van der Waals surface area contributed by atoms with Gasteiger partial charge in [-0.05, 0) is 30.0 Å². The van der Waals surface area contributed by atoms with Gasteiger partial charge in [0, 0.05) is 56.4 Å². The largest absolute Gasteiger partial charge is 0.358 e. The SMILES string of the molecule is CNC(=O)Cn1ccc(Cc2ncc3c(n2)-c2c(nn(C)c2-c2ccc(-c4cnn(C)c4)cc2)CC3)n1. The Morgan fingerprint density at radius 3 is 2.57 bits per heavy atom. The standard InChI is InChI=1S/C27H27N9O/c1-28-24(37)16-36-11-10-21(32-36)12-23-29-13-19-8-9-22-25(26(19)31-23)27(35(3)33-22)18-6-4-17(5-7-18)20-14-30-34(2)15-20/h4-7,10-11,13-15H,8-9,12,16H2,1-3H3,(H,28,37). The van der Waals surface area contributed by atoms with E-state index in [9.17, 15) is 4.79 Å². The van der Waals surface area contributed by atoms with E-state index in [1.807, 2.05) is 43.4 Å². The van der Waals surface area contributed by atoms with Crippen LogP contribution in [-0.2, 0) is 44.7 Å². The predicted molar refractivity (Wildman–Crippen MR) is 138 cm³/mol. The van der Waals surface area contributed by atoms with Crippen LogP contribution in [0.2, 0.25) is 0 Å². The van der Waals surface area contributed by atoms with Gasteiger partial charge >= 0.3 is 0 Å². The third kappa shape index (κ3) is 4.31. The average molecular weight is 494 g/mol. The zero-order valence-electron chi connectivity index (χ0n) is 21.0. The topological polar surface area (TPSA) is 108 Å². The van der Waals surface area contributed by atoms with Gasteiger partial charge in [0.2, 0.25) is 5.91 Å². The van der Waals surface area contributed by atoms with Crippen LogP contribution in [0.1, 0.15) is 22.8 Å². The van der Waals surface area contributed by atoms with Crippen LogP contribution < -0.4 is 5.32 Å². The molecule has 5 aromatic rings. The van der Waals surface area contributed by atoms with Crippen LogP contribution in [0, 0.1) is 0 Å². The molecule has 1 aliphatic carbocycles. The lowest BCUT2D eigenvalue weighted by molar-refractivity contribution is -0.121. The number of aromatic nitrogens is 8. The van der Waals surface area contributed by atoms with E-state index >= 15 is 0 Å². The van der Waals surface area contributed by atoms with Crippen LogP contribution in [0.15, 0.2) is 55.1 Å². The molecule has 0 bridgehead atoms. The van der Waals surface area contributed by atoms with Crippen LogP contribution >= 0.6 is 0 Å². The van der Waals surface area contributed by atoms with Crippen molar-refractivity contribution in [3.8, 4) is 33.6 Å². The Kier molecular flexibility index (Phi) is 5.63. The molecule has 1 N–H and O–H groups in total. The molecule has 1 aliphatic rings. The van der Waals surface area contributed by atoms with Gasteiger partial charge in [0.25, 0.3) is 0 Å². The number of carbonyl (C=O) groups excluding carboxylic acids is 1. The normalized spacial score (nSPS) is 12.3. The molecule has 10 nitrogen and oxygen atoms in total. The van der Waals surface area contributed by atoms with Gasteiger partial charge in [-0.3, -0.25) is 18.8 Å². The number of nitrogens with one attached hydrogen (secondary N) is 1. The molecular weight excluding hydrogens is 466 g/mol. The van der Waals surface area contributed by atoms with E-state index < -0.39 is 0 Å². The highest BCUT2D eigenvalue weighted by molar-refractivity contribution is 5.84. The number of rotatable bonds is 6. The highest BCUT2D eigenvalue weighted by Gasteiger charge is 2.27. The Bertz CT molecular complexity index is 1610. The Hall–Kier alpha value is -4.60. The van der Waals surface area contributed by atoms with Crippen molar-refractivity contribution in [1.29, 1.82) is 0 Å². The lowest BCUT2D eigenvalue weighted by Crippen LogP contribution is -2.23. The van der Waals surface area contributed by atoms with Crippen molar-refractivity contribution in [2.45, 2.75) is 25.8 Å². The van der Waals surface area contributed by atoms with Crippen molar-refractivity contribution in [2.75, 3.05) is 7.05 Å². The number of carbonyl (C=O) groups is 1. The fourth-order valence-corrected chi connectivity index (χ4v) is 4.88. The minimum atomic E-state index is -0.0928. The van der Waals surface area contributed by atoms with Gasteiger partial charge in [0.05, 0.1) is 35.4 Å². The zero-order chi connectivity index (χ0) is 25.5. The molecule has 0 aliphatic heterocycles. The maximum atomic E-state index is 11.7. The highest BCUT2D eigenvalue weighted by Crippen LogP contribution is 2.39. The molecule has 0 radical (unpaired) electrons. The summed E-state index contributed by atoms with van der Waals surface area (Å²) in [6, 6.07) is 10.4. The van der Waals surface area contributed by atoms with Gasteiger partial charge < -0.3 is 5.32 Å². The van der Waals surface area contributed by atoms with Crippen LogP contribution in [-0.4, -0.2) is 52.3 Å². The molecule has 4 heterocycles. The maximum Gasteiger partial charge on any atom is 0.241 e. The Labute approximate surface area is 214 Å². The zero-order valence-corrected chi connectivity index (χ0v) is 21.0. The maximum absolute atomic E-state index is 11.7. The van der Waals surface area contributed by atoms with Crippen LogP contribution in [0.5, 0.6) is 0 Å². The van der Waals surface area contributed by atoms with Gasteiger partial charge in [0.15, 0.2) is 0 Å². The molecule has 1 aromatic carbocycles. The molecule has 0 spiro atoms. The van der Waals surface area contributed by atoms with Crippen molar-refractivity contribution >= 4 is 5.91 Å². The Morgan fingerprint density at radius 2 is 1.81 bits per heavy atom. The molecule has 186 valence electrons. The fourth-order valence-electron chi connectivity index (χ4n) is 4.88. The second kappa shape index (κ2) is 9.12. The number of hydrogen-bond donors (Lipinski definition) is 1. The summed E-state index contributed by atoms with van der Waals surface area (Å²) in [6.07, 6.45) is 9.82. The van der Waals surface area contributed by atoms with Crippen LogP contribution in [0.3, 0.4) is 0 Å². The summed E-state index contributed by atoms with van der Waals surface area (Å²) in [6.45, 7) is 0.184. The van der Waals surface area contributed by atoms with Crippen LogP contribution in [0.25, 0.3) is 33.6 Å². The first-order valence-corrected chi connectivity index (χ1v) is 12.2. The summed E-state index contributed by atoms with van der Waals surface area (Å²) in [5, 5.41) is 16.3. The van der Waals surface area contributed by atoms with Crippen molar-refractivity contribution in [3.63, 3.8) is 0 Å². The third-order valence-electron chi connectivity index (χ3n) is 6.72. The van der Waals surface area contributed by atoms with Gasteiger partial charge in [-0.25, -0.2) is 9.97 Å². The van der Waals surface area contributed by atoms with Gasteiger partial charge in [0.1, 0.15) is 12.4 Å². The second-order valence-electron chi connectivity index (χ2n) is 9.29. The van der Waals surface area contributed by atoms with Gasteiger partial charge in [-0.2, -0.15) is 15.3 Å². The summed E-state index contributed by atoms with van der Waals surface area (Å²) < 4.78 is 5.39. The molecule has 1 amide bonds. The first-order valence-electron chi connectivity index (χ1n) is 12.2. The minimum Gasteiger partial charge on any atom is -0.358 e. The molecule has 37 heavy (non-hydrogen) atoms. The van der Waals surface area contributed by atoms with E-state index in [-0.39, 0.29) is 12.5 Å². The molecule has 0 saturated heterocycles. The van der Waals surface area contributed by atoms with Gasteiger partial charge in [-0.1, -0.05) is 24.3 Å². The number of amides is 1. The highest BCUT2D eigenvalue weighted by atomic mass is 16.1. The predicted octanol–water partition coefficient (Wildman–Crippen LogP) is 2.58. The fraction of sp³-hybridized carbons (Fsp3) is 0.259. The van der Waals surface area contributed by atoms with E-state index in [0.717, 1.165) is 63.4 Å². The van der Waals surface area contributed by atoms with Crippen LogP contribution in [0.4, 0.5) is 0 Å². The number of hydrogen-bond acceptors (Lipinski definition) is 6. The molecular formula is C27H27N9O. The quantitative estimate of drug-likeness (QED) is 0.390. The Morgan fingerprint density at radius 1 is 1.00 bits per heavy atom. The minimum absolute atomic E-state index is 0.0928. The monoisotopic (exact) mass is 493 g/mol. The van der Waals surface area contributed by atoms with E-state index in [0.29, 0.717) is 12.2 Å². The lowest BCUT2D eigenvalue weighted by Gasteiger charge is -2.16. The number of aryl methyl sites for hydroxylation is 4. The Balaban J connectivity index is 1.33. The van der Waals surface area contributed by atoms with E-state index in [1.165, 1.54) is 0 Å². The molecule has 0 fully saturated rings. The van der Waals surface area contributed by atoms with Crippen molar-refractivity contribution in [2.24, 2.45) is 14.1 Å². The molecule has 4 aromatic heterocycles. The molecule has 10 heteroatoms.